The highest BCUT2D eigenvalue weighted by Gasteiger charge is 1.96. The maximum absolute atomic E-state index is 11.5. The van der Waals surface area contributed by atoms with Crippen molar-refractivity contribution in [2.45, 2.75) is 6.42 Å². The van der Waals surface area contributed by atoms with Crippen molar-refractivity contribution in [2.24, 2.45) is 0 Å². The number of rotatable bonds is 7. The molecule has 0 fully saturated rings. The Kier molecular flexibility index (Phi) is 6.68. The van der Waals surface area contributed by atoms with Gasteiger partial charge in [0.15, 0.2) is 0 Å². The van der Waals surface area contributed by atoms with Crippen LogP contribution >= 0.6 is 0 Å². The molecule has 1 aromatic carbocycles. The van der Waals surface area contributed by atoms with Crippen molar-refractivity contribution in [1.82, 2.24) is 10.2 Å². The molecular weight excluding hydrogens is 240 g/mol. The molecule has 104 valence electrons. The second kappa shape index (κ2) is 8.32. The normalized spacial score (nSPS) is 10.9. The molecular formula is C15H22N2O2. The van der Waals surface area contributed by atoms with Crippen LogP contribution in [-0.2, 0) is 4.79 Å². The number of ether oxygens (including phenoxy) is 1. The summed E-state index contributed by atoms with van der Waals surface area (Å²) in [4.78, 5) is 13.6. The van der Waals surface area contributed by atoms with Gasteiger partial charge in [-0.3, -0.25) is 4.79 Å². The van der Waals surface area contributed by atoms with Gasteiger partial charge in [0, 0.05) is 12.6 Å². The van der Waals surface area contributed by atoms with E-state index >= 15 is 0 Å². The van der Waals surface area contributed by atoms with Gasteiger partial charge in [-0.25, -0.2) is 0 Å². The molecule has 0 spiro atoms. The SMILES string of the molecule is COc1ccc(/C=C\C(=O)NCCCN(C)C)cc1. The highest BCUT2D eigenvalue weighted by atomic mass is 16.5. The van der Waals surface area contributed by atoms with Crippen LogP contribution in [0.25, 0.3) is 6.08 Å². The Morgan fingerprint density at radius 1 is 1.32 bits per heavy atom. The second-order valence-corrected chi connectivity index (χ2v) is 4.55. The van der Waals surface area contributed by atoms with Crippen LogP contribution in [0.1, 0.15) is 12.0 Å². The summed E-state index contributed by atoms with van der Waals surface area (Å²) >= 11 is 0. The summed E-state index contributed by atoms with van der Waals surface area (Å²) in [6.07, 6.45) is 4.30. The van der Waals surface area contributed by atoms with E-state index in [0.717, 1.165) is 24.3 Å². The van der Waals surface area contributed by atoms with Crippen molar-refractivity contribution >= 4 is 12.0 Å². The molecule has 0 saturated carbocycles. The second-order valence-electron chi connectivity index (χ2n) is 4.55. The molecule has 0 aliphatic carbocycles. The molecule has 0 radical (unpaired) electrons. The van der Waals surface area contributed by atoms with E-state index in [1.165, 1.54) is 0 Å². The molecule has 0 unspecified atom stereocenters. The van der Waals surface area contributed by atoms with Gasteiger partial charge in [-0.05, 0) is 50.8 Å². The van der Waals surface area contributed by atoms with Crippen LogP contribution in [0, 0.1) is 0 Å². The monoisotopic (exact) mass is 262 g/mol. The first-order valence-corrected chi connectivity index (χ1v) is 6.36. The summed E-state index contributed by atoms with van der Waals surface area (Å²) in [6, 6.07) is 7.56. The minimum absolute atomic E-state index is 0.0606. The van der Waals surface area contributed by atoms with Gasteiger partial charge in [0.05, 0.1) is 7.11 Å². The van der Waals surface area contributed by atoms with Gasteiger partial charge >= 0.3 is 0 Å². The molecule has 0 atom stereocenters. The van der Waals surface area contributed by atoms with Crippen molar-refractivity contribution < 1.29 is 9.53 Å². The summed E-state index contributed by atoms with van der Waals surface area (Å²) in [5, 5.41) is 2.85. The van der Waals surface area contributed by atoms with Gasteiger partial charge in [0.2, 0.25) is 5.91 Å². The standard InChI is InChI=1S/C15H22N2O2/c1-17(2)12-4-11-16-15(18)10-7-13-5-8-14(19-3)9-6-13/h5-10H,4,11-12H2,1-3H3,(H,16,18)/b10-7-. The number of benzene rings is 1. The first-order chi connectivity index (χ1) is 9.11. The van der Waals surface area contributed by atoms with E-state index in [2.05, 4.69) is 10.2 Å². The van der Waals surface area contributed by atoms with Crippen molar-refractivity contribution in [2.75, 3.05) is 34.3 Å². The summed E-state index contributed by atoms with van der Waals surface area (Å²) < 4.78 is 5.07. The molecule has 19 heavy (non-hydrogen) atoms. The van der Waals surface area contributed by atoms with Crippen LogP contribution in [-0.4, -0.2) is 45.1 Å². The van der Waals surface area contributed by atoms with Gasteiger partial charge in [-0.1, -0.05) is 12.1 Å². The fourth-order valence-electron chi connectivity index (χ4n) is 1.55. The zero-order valence-electron chi connectivity index (χ0n) is 11.8. The summed E-state index contributed by atoms with van der Waals surface area (Å²) in [5.74, 6) is 0.750. The predicted molar refractivity (Wildman–Crippen MR) is 78.2 cm³/mol. The van der Waals surface area contributed by atoms with Crippen LogP contribution < -0.4 is 10.1 Å². The number of methoxy groups -OCH3 is 1. The zero-order valence-corrected chi connectivity index (χ0v) is 11.8. The average molecular weight is 262 g/mol. The summed E-state index contributed by atoms with van der Waals surface area (Å²) in [7, 11) is 5.67. The van der Waals surface area contributed by atoms with Crippen LogP contribution in [0.5, 0.6) is 5.75 Å². The molecule has 0 aliphatic rings. The largest absolute Gasteiger partial charge is 0.497 e. The minimum Gasteiger partial charge on any atom is -0.497 e. The lowest BCUT2D eigenvalue weighted by Gasteiger charge is -2.08. The van der Waals surface area contributed by atoms with E-state index in [0.29, 0.717) is 6.54 Å². The molecule has 0 heterocycles. The molecule has 4 heteroatoms. The lowest BCUT2D eigenvalue weighted by molar-refractivity contribution is -0.116. The van der Waals surface area contributed by atoms with E-state index < -0.39 is 0 Å². The first-order valence-electron chi connectivity index (χ1n) is 6.36. The Morgan fingerprint density at radius 2 is 2.00 bits per heavy atom. The molecule has 1 aromatic rings. The van der Waals surface area contributed by atoms with Gasteiger partial charge < -0.3 is 15.0 Å². The number of nitrogens with one attached hydrogen (secondary N) is 1. The van der Waals surface area contributed by atoms with Crippen LogP contribution in [0.15, 0.2) is 30.3 Å². The molecule has 1 rings (SSSR count). The molecule has 0 saturated heterocycles. The Balaban J connectivity index is 2.32. The topological polar surface area (TPSA) is 41.6 Å². The van der Waals surface area contributed by atoms with E-state index in [1.54, 1.807) is 19.3 Å². The third kappa shape index (κ3) is 6.62. The fourth-order valence-corrected chi connectivity index (χ4v) is 1.55. The first kappa shape index (κ1) is 15.2. The summed E-state index contributed by atoms with van der Waals surface area (Å²) in [6.45, 7) is 1.67. The van der Waals surface area contributed by atoms with E-state index in [-0.39, 0.29) is 5.91 Å². The molecule has 1 amide bonds. The van der Waals surface area contributed by atoms with Gasteiger partial charge in [0.1, 0.15) is 5.75 Å². The highest BCUT2D eigenvalue weighted by molar-refractivity contribution is 5.91. The molecule has 0 bridgehead atoms. The zero-order chi connectivity index (χ0) is 14.1. The van der Waals surface area contributed by atoms with Crippen LogP contribution in [0.2, 0.25) is 0 Å². The Bertz CT molecular complexity index is 411. The maximum atomic E-state index is 11.5. The number of hydrogen-bond acceptors (Lipinski definition) is 3. The van der Waals surface area contributed by atoms with Crippen LogP contribution in [0.3, 0.4) is 0 Å². The fraction of sp³-hybridized carbons (Fsp3) is 0.400. The van der Waals surface area contributed by atoms with E-state index in [1.807, 2.05) is 38.4 Å². The van der Waals surface area contributed by atoms with Crippen molar-refractivity contribution in [1.29, 1.82) is 0 Å². The predicted octanol–water partition coefficient (Wildman–Crippen LogP) is 1.78. The Labute approximate surface area is 115 Å². The molecule has 0 aliphatic heterocycles. The van der Waals surface area contributed by atoms with Crippen molar-refractivity contribution in [3.63, 3.8) is 0 Å². The van der Waals surface area contributed by atoms with Gasteiger partial charge in [-0.15, -0.1) is 0 Å². The molecule has 1 N–H and O–H groups in total. The third-order valence-electron chi connectivity index (χ3n) is 2.62. The highest BCUT2D eigenvalue weighted by Crippen LogP contribution is 2.12. The smallest absolute Gasteiger partial charge is 0.243 e. The average Bonchev–Trinajstić information content (AvgIpc) is 2.41. The number of nitrogens with zero attached hydrogens (tertiary/aromatic N) is 1. The van der Waals surface area contributed by atoms with E-state index in [4.69, 9.17) is 4.74 Å². The number of hydrogen-bond donors (Lipinski definition) is 1. The molecule has 0 aromatic heterocycles. The van der Waals surface area contributed by atoms with E-state index in [9.17, 15) is 4.79 Å². The Hall–Kier alpha value is -1.81. The van der Waals surface area contributed by atoms with Crippen LogP contribution in [0.4, 0.5) is 0 Å². The van der Waals surface area contributed by atoms with Crippen molar-refractivity contribution in [3.8, 4) is 5.75 Å². The maximum Gasteiger partial charge on any atom is 0.243 e. The Morgan fingerprint density at radius 3 is 2.58 bits per heavy atom. The minimum atomic E-state index is -0.0606. The number of carbonyl (C=O) groups is 1. The summed E-state index contributed by atoms with van der Waals surface area (Å²) in [5.41, 5.74) is 0.976. The molecule has 4 nitrogen and oxygen atoms in total. The number of carbonyl (C=O) groups excluding carboxylic acids is 1. The number of amides is 1. The van der Waals surface area contributed by atoms with Crippen molar-refractivity contribution in [3.05, 3.63) is 35.9 Å². The lowest BCUT2D eigenvalue weighted by atomic mass is 10.2. The van der Waals surface area contributed by atoms with Gasteiger partial charge in [0.25, 0.3) is 0 Å². The lowest BCUT2D eigenvalue weighted by Crippen LogP contribution is -2.25. The van der Waals surface area contributed by atoms with Gasteiger partial charge in [-0.2, -0.15) is 0 Å². The quantitative estimate of drug-likeness (QED) is 0.601. The third-order valence-corrected chi connectivity index (χ3v) is 2.62.